The minimum atomic E-state index is 0.586. The number of rotatable bonds is 6. The highest BCUT2D eigenvalue weighted by atomic mass is 79.9. The Morgan fingerprint density at radius 1 is 1.00 bits per heavy atom. The molecule has 0 aromatic heterocycles. The zero-order valence-electron chi connectivity index (χ0n) is 11.2. The van der Waals surface area contributed by atoms with E-state index in [1.165, 1.54) is 11.1 Å². The summed E-state index contributed by atoms with van der Waals surface area (Å²) in [7, 11) is 0. The SMILES string of the molecule is CC(CCBr)c1ccc(OCc2ccccc2)cc1. The van der Waals surface area contributed by atoms with Crippen LogP contribution in [0.2, 0.25) is 0 Å². The molecule has 1 atom stereocenters. The molecular weight excluding hydrogens is 300 g/mol. The Morgan fingerprint density at radius 2 is 1.68 bits per heavy atom. The van der Waals surface area contributed by atoms with Gasteiger partial charge in [0.25, 0.3) is 0 Å². The molecule has 100 valence electrons. The van der Waals surface area contributed by atoms with Gasteiger partial charge in [0.1, 0.15) is 12.4 Å². The van der Waals surface area contributed by atoms with E-state index in [0.717, 1.165) is 17.5 Å². The number of hydrogen-bond acceptors (Lipinski definition) is 1. The molecule has 2 aromatic rings. The molecule has 0 fully saturated rings. The third-order valence-corrected chi connectivity index (χ3v) is 3.70. The third kappa shape index (κ3) is 4.39. The maximum absolute atomic E-state index is 5.78. The number of ether oxygens (including phenoxy) is 1. The second-order valence-corrected chi connectivity index (χ2v) is 5.52. The second-order valence-electron chi connectivity index (χ2n) is 4.72. The summed E-state index contributed by atoms with van der Waals surface area (Å²) in [5.41, 5.74) is 2.56. The maximum Gasteiger partial charge on any atom is 0.119 e. The molecular formula is C17H19BrO. The average molecular weight is 319 g/mol. The highest BCUT2D eigenvalue weighted by molar-refractivity contribution is 9.09. The van der Waals surface area contributed by atoms with Crippen LogP contribution in [0.5, 0.6) is 5.75 Å². The number of halogens is 1. The number of benzene rings is 2. The molecule has 0 aliphatic carbocycles. The molecule has 2 aromatic carbocycles. The molecule has 0 saturated carbocycles. The fraction of sp³-hybridized carbons (Fsp3) is 0.294. The summed E-state index contributed by atoms with van der Waals surface area (Å²) in [5.74, 6) is 1.51. The Labute approximate surface area is 123 Å². The highest BCUT2D eigenvalue weighted by Gasteiger charge is 2.04. The lowest BCUT2D eigenvalue weighted by molar-refractivity contribution is 0.306. The van der Waals surface area contributed by atoms with Crippen molar-refractivity contribution in [2.45, 2.75) is 25.9 Å². The van der Waals surface area contributed by atoms with Crippen LogP contribution < -0.4 is 4.74 Å². The van der Waals surface area contributed by atoms with Crippen LogP contribution in [0.3, 0.4) is 0 Å². The van der Waals surface area contributed by atoms with E-state index in [4.69, 9.17) is 4.74 Å². The summed E-state index contributed by atoms with van der Waals surface area (Å²) in [6.45, 7) is 2.87. The van der Waals surface area contributed by atoms with Crippen molar-refractivity contribution in [3.8, 4) is 5.75 Å². The van der Waals surface area contributed by atoms with Crippen molar-refractivity contribution in [1.29, 1.82) is 0 Å². The van der Waals surface area contributed by atoms with E-state index in [1.807, 2.05) is 18.2 Å². The molecule has 0 aliphatic heterocycles. The highest BCUT2D eigenvalue weighted by Crippen LogP contribution is 2.22. The first-order valence-corrected chi connectivity index (χ1v) is 7.74. The smallest absolute Gasteiger partial charge is 0.119 e. The molecule has 0 heterocycles. The molecule has 0 radical (unpaired) electrons. The average Bonchev–Trinajstić information content (AvgIpc) is 2.47. The van der Waals surface area contributed by atoms with Crippen molar-refractivity contribution in [3.63, 3.8) is 0 Å². The maximum atomic E-state index is 5.78. The van der Waals surface area contributed by atoms with Gasteiger partial charge in [0.2, 0.25) is 0 Å². The van der Waals surface area contributed by atoms with Gasteiger partial charge < -0.3 is 4.74 Å². The summed E-state index contributed by atoms with van der Waals surface area (Å²) in [5, 5.41) is 1.04. The van der Waals surface area contributed by atoms with Gasteiger partial charge in [-0.2, -0.15) is 0 Å². The number of hydrogen-bond donors (Lipinski definition) is 0. The first-order valence-electron chi connectivity index (χ1n) is 6.62. The van der Waals surface area contributed by atoms with E-state index in [0.29, 0.717) is 12.5 Å². The minimum absolute atomic E-state index is 0.586. The van der Waals surface area contributed by atoms with Crippen LogP contribution >= 0.6 is 15.9 Å². The van der Waals surface area contributed by atoms with E-state index in [1.54, 1.807) is 0 Å². The van der Waals surface area contributed by atoms with Crippen molar-refractivity contribution < 1.29 is 4.74 Å². The van der Waals surface area contributed by atoms with E-state index >= 15 is 0 Å². The van der Waals surface area contributed by atoms with Crippen LogP contribution in [0.1, 0.15) is 30.4 Å². The van der Waals surface area contributed by atoms with Gasteiger partial charge >= 0.3 is 0 Å². The van der Waals surface area contributed by atoms with Gasteiger partial charge in [-0.3, -0.25) is 0 Å². The Balaban J connectivity index is 1.92. The van der Waals surface area contributed by atoms with Crippen LogP contribution in [0.15, 0.2) is 54.6 Å². The van der Waals surface area contributed by atoms with Crippen molar-refractivity contribution in [1.82, 2.24) is 0 Å². The van der Waals surface area contributed by atoms with E-state index < -0.39 is 0 Å². The summed E-state index contributed by atoms with van der Waals surface area (Å²) in [6.07, 6.45) is 1.16. The monoisotopic (exact) mass is 318 g/mol. The van der Waals surface area contributed by atoms with Crippen molar-refractivity contribution in [3.05, 3.63) is 65.7 Å². The number of alkyl halides is 1. The Kier molecular flexibility index (Phi) is 5.46. The lowest BCUT2D eigenvalue weighted by Gasteiger charge is -2.11. The summed E-state index contributed by atoms with van der Waals surface area (Å²) >= 11 is 3.49. The van der Waals surface area contributed by atoms with Crippen LogP contribution in [0.4, 0.5) is 0 Å². The predicted octanol–water partition coefficient (Wildman–Crippen LogP) is 5.15. The molecule has 0 N–H and O–H groups in total. The van der Waals surface area contributed by atoms with Gasteiger partial charge in [0, 0.05) is 5.33 Å². The molecule has 0 spiro atoms. The van der Waals surface area contributed by atoms with E-state index in [9.17, 15) is 0 Å². The molecule has 19 heavy (non-hydrogen) atoms. The van der Waals surface area contributed by atoms with Crippen molar-refractivity contribution in [2.75, 3.05) is 5.33 Å². The minimum Gasteiger partial charge on any atom is -0.489 e. The molecule has 1 nitrogen and oxygen atoms in total. The second kappa shape index (κ2) is 7.34. The summed E-state index contributed by atoms with van der Waals surface area (Å²) in [6, 6.07) is 18.7. The zero-order chi connectivity index (χ0) is 13.5. The van der Waals surface area contributed by atoms with Gasteiger partial charge in [-0.1, -0.05) is 65.3 Å². The lowest BCUT2D eigenvalue weighted by Crippen LogP contribution is -1.97. The Bertz CT molecular complexity index is 478. The summed E-state index contributed by atoms with van der Waals surface area (Å²) < 4.78 is 5.78. The summed E-state index contributed by atoms with van der Waals surface area (Å²) in [4.78, 5) is 0. The molecule has 0 bridgehead atoms. The quantitative estimate of drug-likeness (QED) is 0.669. The van der Waals surface area contributed by atoms with Crippen molar-refractivity contribution >= 4 is 15.9 Å². The van der Waals surface area contributed by atoms with Gasteiger partial charge in [-0.15, -0.1) is 0 Å². The third-order valence-electron chi connectivity index (χ3n) is 3.24. The zero-order valence-corrected chi connectivity index (χ0v) is 12.8. The molecule has 2 heteroatoms. The van der Waals surface area contributed by atoms with Crippen LogP contribution in [-0.4, -0.2) is 5.33 Å². The molecule has 0 aliphatic rings. The van der Waals surface area contributed by atoms with Crippen LogP contribution in [0.25, 0.3) is 0 Å². The Hall–Kier alpha value is -1.28. The first kappa shape index (κ1) is 14.1. The van der Waals surface area contributed by atoms with Gasteiger partial charge in [0.15, 0.2) is 0 Å². The van der Waals surface area contributed by atoms with E-state index in [-0.39, 0.29) is 0 Å². The fourth-order valence-electron chi connectivity index (χ4n) is 1.96. The molecule has 2 rings (SSSR count). The largest absolute Gasteiger partial charge is 0.489 e. The van der Waals surface area contributed by atoms with Gasteiger partial charge in [0.05, 0.1) is 0 Å². The van der Waals surface area contributed by atoms with E-state index in [2.05, 4.69) is 59.3 Å². The lowest BCUT2D eigenvalue weighted by atomic mass is 9.99. The van der Waals surface area contributed by atoms with Crippen LogP contribution in [0, 0.1) is 0 Å². The Morgan fingerprint density at radius 3 is 2.32 bits per heavy atom. The fourth-order valence-corrected chi connectivity index (χ4v) is 2.65. The predicted molar refractivity (Wildman–Crippen MR) is 84.0 cm³/mol. The standard InChI is InChI=1S/C17H19BrO/c1-14(11-12-18)16-7-9-17(10-8-16)19-13-15-5-3-2-4-6-15/h2-10,14H,11-13H2,1H3. The molecule has 1 unspecified atom stereocenters. The molecule has 0 saturated heterocycles. The van der Waals surface area contributed by atoms with Crippen molar-refractivity contribution in [2.24, 2.45) is 0 Å². The molecule has 0 amide bonds. The van der Waals surface area contributed by atoms with Gasteiger partial charge in [-0.25, -0.2) is 0 Å². The first-order chi connectivity index (χ1) is 9.29. The normalized spacial score (nSPS) is 12.1. The van der Waals surface area contributed by atoms with Crippen LogP contribution in [-0.2, 0) is 6.61 Å². The topological polar surface area (TPSA) is 9.23 Å². The van der Waals surface area contributed by atoms with Gasteiger partial charge in [-0.05, 0) is 35.6 Å².